The van der Waals surface area contributed by atoms with Gasteiger partial charge in [0.05, 0.1) is 37.5 Å². The van der Waals surface area contributed by atoms with Gasteiger partial charge in [-0.3, -0.25) is 4.79 Å². The smallest absolute Gasteiger partial charge is 0.417 e. The Morgan fingerprint density at radius 2 is 1.84 bits per heavy atom. The molecule has 0 saturated carbocycles. The van der Waals surface area contributed by atoms with Crippen molar-refractivity contribution in [1.82, 2.24) is 33.7 Å². The number of pyridine rings is 2. The zero-order valence-electron chi connectivity index (χ0n) is 20.0. The van der Waals surface area contributed by atoms with Crippen molar-refractivity contribution in [1.29, 1.82) is 0 Å². The van der Waals surface area contributed by atoms with E-state index in [2.05, 4.69) is 30.7 Å². The van der Waals surface area contributed by atoms with E-state index in [-0.39, 0.29) is 28.8 Å². The van der Waals surface area contributed by atoms with Gasteiger partial charge in [-0.25, -0.2) is 14.5 Å². The van der Waals surface area contributed by atoms with Crippen LogP contribution in [0.15, 0.2) is 41.8 Å². The highest BCUT2D eigenvalue weighted by Crippen LogP contribution is 2.39. The molecule has 0 spiro atoms. The molecule has 0 amide bonds. The van der Waals surface area contributed by atoms with E-state index >= 15 is 0 Å². The van der Waals surface area contributed by atoms with Crippen LogP contribution in [0.3, 0.4) is 0 Å². The van der Waals surface area contributed by atoms with Crippen molar-refractivity contribution >= 4 is 34.1 Å². The van der Waals surface area contributed by atoms with E-state index in [4.69, 9.17) is 9.47 Å². The number of aromatic nitrogens is 7. The van der Waals surface area contributed by atoms with Crippen molar-refractivity contribution in [3.8, 4) is 17.2 Å². The number of alkyl halides is 3. The number of ether oxygens (including phenoxy) is 2. The molecule has 5 rings (SSSR count). The molecular weight excluding hydrogens is 495 g/mol. The number of rotatable bonds is 6. The number of anilines is 3. The van der Waals surface area contributed by atoms with Crippen molar-refractivity contribution in [2.45, 2.75) is 6.18 Å². The van der Waals surface area contributed by atoms with Crippen molar-refractivity contribution in [2.24, 2.45) is 14.1 Å². The minimum absolute atomic E-state index is 0.0779. The van der Waals surface area contributed by atoms with E-state index in [1.54, 1.807) is 31.0 Å². The molecule has 0 aromatic carbocycles. The Balaban J connectivity index is 1.55. The summed E-state index contributed by atoms with van der Waals surface area (Å²) in [7, 11) is 6.01. The lowest BCUT2D eigenvalue weighted by Gasteiger charge is -2.13. The summed E-state index contributed by atoms with van der Waals surface area (Å²) in [5, 5.41) is 9.87. The summed E-state index contributed by atoms with van der Waals surface area (Å²) >= 11 is 0. The van der Waals surface area contributed by atoms with Crippen LogP contribution >= 0.6 is 0 Å². The molecule has 5 heterocycles. The fourth-order valence-electron chi connectivity index (χ4n) is 3.77. The monoisotopic (exact) mass is 515 g/mol. The molecule has 192 valence electrons. The van der Waals surface area contributed by atoms with Gasteiger partial charge in [0.15, 0.2) is 22.9 Å². The number of hydrogen-bond donors (Lipinski definition) is 2. The lowest BCUT2D eigenvalue weighted by molar-refractivity contribution is -0.138. The van der Waals surface area contributed by atoms with Gasteiger partial charge in [0.25, 0.3) is 5.56 Å². The van der Waals surface area contributed by atoms with Gasteiger partial charge in [-0.15, -0.1) is 0 Å². The number of nitrogens with zero attached hydrogens (tertiary/aromatic N) is 7. The maximum absolute atomic E-state index is 13.3. The van der Waals surface area contributed by atoms with Crippen LogP contribution in [0.25, 0.3) is 16.7 Å². The first kappa shape index (κ1) is 23.9. The first-order valence-electron chi connectivity index (χ1n) is 10.7. The molecule has 0 saturated heterocycles. The highest BCUT2D eigenvalue weighted by atomic mass is 19.4. The molecule has 0 aliphatic carbocycles. The Kier molecular flexibility index (Phi) is 5.61. The third kappa shape index (κ3) is 4.13. The molecule has 5 aromatic heterocycles. The molecule has 12 nitrogen and oxygen atoms in total. The van der Waals surface area contributed by atoms with Crippen LogP contribution < -0.4 is 25.7 Å². The third-order valence-corrected chi connectivity index (χ3v) is 5.63. The van der Waals surface area contributed by atoms with E-state index in [0.717, 1.165) is 16.8 Å². The fraction of sp³-hybridized carbons (Fsp3) is 0.227. The standard InChI is InChI=1S/C22H20F3N9O3/c1-26-16-10-34-13(6-27-16)14(8-29-34)37-15-7-28-19-17(18(15)36-4)33(3)21(31-19)30-12-5-11(22(23,24)25)9-32(2)20(12)35/h5-10,26H,1-4H3,(H,28,30,31). The van der Waals surface area contributed by atoms with E-state index in [0.29, 0.717) is 22.6 Å². The fourth-order valence-corrected chi connectivity index (χ4v) is 3.77. The van der Waals surface area contributed by atoms with Crippen molar-refractivity contribution < 1.29 is 22.6 Å². The predicted molar refractivity (Wildman–Crippen MR) is 128 cm³/mol. The van der Waals surface area contributed by atoms with Crippen LogP contribution in [-0.4, -0.2) is 47.9 Å². The SMILES string of the molecule is CNc1cn2ncc(Oc3cnc4nc(Nc5cc(C(F)(F)F)cn(C)c5=O)n(C)c4c3OC)c2cn1. The number of methoxy groups -OCH3 is 1. The molecule has 37 heavy (non-hydrogen) atoms. The van der Waals surface area contributed by atoms with Gasteiger partial charge in [-0.1, -0.05) is 0 Å². The van der Waals surface area contributed by atoms with Crippen LogP contribution in [0.2, 0.25) is 0 Å². The third-order valence-electron chi connectivity index (χ3n) is 5.63. The second kappa shape index (κ2) is 8.69. The zero-order valence-corrected chi connectivity index (χ0v) is 20.0. The lowest BCUT2D eigenvalue weighted by Crippen LogP contribution is -2.23. The van der Waals surface area contributed by atoms with Crippen LogP contribution in [0.5, 0.6) is 17.2 Å². The molecule has 5 aromatic rings. The topological polar surface area (TPSA) is 125 Å². The van der Waals surface area contributed by atoms with Crippen LogP contribution in [0.1, 0.15) is 5.56 Å². The summed E-state index contributed by atoms with van der Waals surface area (Å²) in [4.78, 5) is 25.4. The molecule has 2 N–H and O–H groups in total. The maximum Gasteiger partial charge on any atom is 0.417 e. The molecule has 0 atom stereocenters. The summed E-state index contributed by atoms with van der Waals surface area (Å²) < 4.78 is 55.4. The molecule has 0 radical (unpaired) electrons. The normalized spacial score (nSPS) is 11.8. The van der Waals surface area contributed by atoms with E-state index in [9.17, 15) is 18.0 Å². The van der Waals surface area contributed by atoms with Crippen molar-refractivity contribution in [3.63, 3.8) is 0 Å². The van der Waals surface area contributed by atoms with Gasteiger partial charge in [0, 0.05) is 27.3 Å². The summed E-state index contributed by atoms with van der Waals surface area (Å²) in [6, 6.07) is 0.736. The van der Waals surface area contributed by atoms with Crippen molar-refractivity contribution in [2.75, 3.05) is 24.8 Å². The van der Waals surface area contributed by atoms with Crippen molar-refractivity contribution in [3.05, 3.63) is 53.0 Å². The molecule has 0 aliphatic heterocycles. The lowest BCUT2D eigenvalue weighted by atomic mass is 10.2. The number of hydrogen-bond acceptors (Lipinski definition) is 9. The molecule has 0 aliphatic rings. The zero-order chi connectivity index (χ0) is 26.5. The van der Waals surface area contributed by atoms with Crippen LogP contribution in [0, 0.1) is 0 Å². The van der Waals surface area contributed by atoms with Gasteiger partial charge in [0.2, 0.25) is 5.95 Å². The Bertz CT molecular complexity index is 1710. The first-order chi connectivity index (χ1) is 17.6. The second-order valence-corrected chi connectivity index (χ2v) is 7.97. The van der Waals surface area contributed by atoms with Gasteiger partial charge in [-0.2, -0.15) is 23.3 Å². The Morgan fingerprint density at radius 1 is 1.05 bits per heavy atom. The molecular formula is C22H20F3N9O3. The minimum atomic E-state index is -4.63. The first-order valence-corrected chi connectivity index (χ1v) is 10.7. The molecule has 0 fully saturated rings. The predicted octanol–water partition coefficient (Wildman–Crippen LogP) is 3.31. The van der Waals surface area contributed by atoms with E-state index < -0.39 is 17.3 Å². The summed E-state index contributed by atoms with van der Waals surface area (Å²) in [5.74, 6) is 1.60. The Morgan fingerprint density at radius 3 is 2.54 bits per heavy atom. The summed E-state index contributed by atoms with van der Waals surface area (Å²) in [5.41, 5.74) is -0.740. The second-order valence-electron chi connectivity index (χ2n) is 7.97. The van der Waals surface area contributed by atoms with Gasteiger partial charge < -0.3 is 29.2 Å². The maximum atomic E-state index is 13.3. The number of imidazole rings is 1. The quantitative estimate of drug-likeness (QED) is 0.350. The number of aryl methyl sites for hydroxylation is 2. The average Bonchev–Trinajstić information content (AvgIpc) is 3.41. The Labute approximate surface area is 206 Å². The summed E-state index contributed by atoms with van der Waals surface area (Å²) in [6.45, 7) is 0. The highest BCUT2D eigenvalue weighted by Gasteiger charge is 2.32. The van der Waals surface area contributed by atoms with Gasteiger partial charge in [-0.05, 0) is 6.07 Å². The van der Waals surface area contributed by atoms with Gasteiger partial charge >= 0.3 is 6.18 Å². The number of fused-ring (bicyclic) bond motifs is 2. The van der Waals surface area contributed by atoms with Crippen LogP contribution in [0.4, 0.5) is 30.6 Å². The van der Waals surface area contributed by atoms with E-state index in [1.807, 2.05) is 0 Å². The Hall–Kier alpha value is -4.82. The molecule has 15 heteroatoms. The highest BCUT2D eigenvalue weighted by molar-refractivity contribution is 5.85. The van der Waals surface area contributed by atoms with E-state index in [1.165, 1.54) is 31.1 Å². The average molecular weight is 515 g/mol. The van der Waals surface area contributed by atoms with Gasteiger partial charge in [0.1, 0.15) is 22.5 Å². The molecule has 0 unspecified atom stereocenters. The number of nitrogens with one attached hydrogen (secondary N) is 2. The summed E-state index contributed by atoms with van der Waals surface area (Å²) in [6.07, 6.45) is 2.30. The van der Waals surface area contributed by atoms with Crippen LogP contribution in [-0.2, 0) is 20.3 Å². The largest absolute Gasteiger partial charge is 0.491 e. The minimum Gasteiger partial charge on any atom is -0.491 e. The number of halogens is 3. The molecule has 0 bridgehead atoms.